The van der Waals surface area contributed by atoms with Crippen molar-refractivity contribution in [2.45, 2.75) is 37.6 Å². The Morgan fingerprint density at radius 1 is 1.12 bits per heavy atom. The summed E-state index contributed by atoms with van der Waals surface area (Å²) in [5, 5.41) is 10.9. The largest absolute Gasteiger partial charge is 0.497 e. The lowest BCUT2D eigenvalue weighted by atomic mass is 9.94. The molecule has 0 amide bonds. The van der Waals surface area contributed by atoms with Gasteiger partial charge in [-0.1, -0.05) is 35.9 Å². The van der Waals surface area contributed by atoms with E-state index in [1.165, 1.54) is 0 Å². The van der Waals surface area contributed by atoms with Gasteiger partial charge in [0.25, 0.3) is 0 Å². The zero-order valence-corrected chi connectivity index (χ0v) is 15.9. The first kappa shape index (κ1) is 19.2. The van der Waals surface area contributed by atoms with Gasteiger partial charge in [-0.3, -0.25) is 0 Å². The fourth-order valence-corrected chi connectivity index (χ4v) is 3.58. The third-order valence-electron chi connectivity index (χ3n) is 4.73. The van der Waals surface area contributed by atoms with Gasteiger partial charge in [0.15, 0.2) is 0 Å². The van der Waals surface area contributed by atoms with Crippen LogP contribution in [0.2, 0.25) is 5.02 Å². The number of benzene rings is 2. The highest BCUT2D eigenvalue weighted by atomic mass is 35.5. The smallest absolute Gasteiger partial charge is 0.118 e. The molecule has 1 aliphatic rings. The normalized spacial score (nSPS) is 23.0. The summed E-state index contributed by atoms with van der Waals surface area (Å²) in [6, 6.07) is 13.9. The lowest BCUT2D eigenvalue weighted by molar-refractivity contribution is -0.118. The molecule has 0 radical (unpaired) electrons. The van der Waals surface area contributed by atoms with Gasteiger partial charge in [-0.05, 0) is 41.3 Å². The summed E-state index contributed by atoms with van der Waals surface area (Å²) in [7, 11) is 3.30. The molecule has 1 aliphatic heterocycles. The van der Waals surface area contributed by atoms with E-state index in [1.807, 2.05) is 36.4 Å². The van der Waals surface area contributed by atoms with Crippen molar-refractivity contribution < 1.29 is 19.3 Å². The Balaban J connectivity index is 1.78. The van der Waals surface area contributed by atoms with E-state index in [1.54, 1.807) is 14.2 Å². The van der Waals surface area contributed by atoms with Crippen LogP contribution in [0.1, 0.15) is 35.6 Å². The summed E-state index contributed by atoms with van der Waals surface area (Å²) in [6.07, 6.45) is 1.31. The van der Waals surface area contributed by atoms with Gasteiger partial charge in [0.05, 0.1) is 32.0 Å². The molecular formula is C21H25ClO4. The molecule has 0 spiro atoms. The zero-order valence-electron chi connectivity index (χ0n) is 15.2. The minimum Gasteiger partial charge on any atom is -0.497 e. The van der Waals surface area contributed by atoms with Crippen LogP contribution in [-0.4, -0.2) is 38.1 Å². The standard InChI is InChI=1S/C21H25ClO4/c1-24-13-19-11-17(23)12-21(26-19)15-5-8-20(22)16(10-15)9-14-3-6-18(25-2)7-4-14/h3-8,10,17,19,21,23H,9,11-13H2,1-2H3. The second-order valence-electron chi connectivity index (χ2n) is 6.70. The van der Waals surface area contributed by atoms with Crippen LogP contribution in [0, 0.1) is 0 Å². The molecular weight excluding hydrogens is 352 g/mol. The van der Waals surface area contributed by atoms with Gasteiger partial charge in [0.1, 0.15) is 5.75 Å². The van der Waals surface area contributed by atoms with E-state index in [-0.39, 0.29) is 18.3 Å². The van der Waals surface area contributed by atoms with E-state index < -0.39 is 0 Å². The van der Waals surface area contributed by atoms with E-state index in [2.05, 4.69) is 6.07 Å². The summed E-state index contributed by atoms with van der Waals surface area (Å²) < 4.78 is 16.5. The summed E-state index contributed by atoms with van der Waals surface area (Å²) in [5.74, 6) is 0.836. The molecule has 1 heterocycles. The maximum absolute atomic E-state index is 10.2. The highest BCUT2D eigenvalue weighted by molar-refractivity contribution is 6.31. The molecule has 0 aliphatic carbocycles. The quantitative estimate of drug-likeness (QED) is 0.822. The van der Waals surface area contributed by atoms with Gasteiger partial charge >= 0.3 is 0 Å². The molecule has 5 heteroatoms. The molecule has 140 valence electrons. The van der Waals surface area contributed by atoms with Gasteiger partial charge in [0, 0.05) is 25.0 Å². The minimum atomic E-state index is -0.380. The van der Waals surface area contributed by atoms with Crippen molar-refractivity contribution in [1.82, 2.24) is 0 Å². The van der Waals surface area contributed by atoms with E-state index in [4.69, 9.17) is 25.8 Å². The van der Waals surface area contributed by atoms with Gasteiger partial charge < -0.3 is 19.3 Å². The fraction of sp³-hybridized carbons (Fsp3) is 0.429. The molecule has 0 aromatic heterocycles. The number of methoxy groups -OCH3 is 2. The predicted octanol–water partition coefficient (Wildman–Crippen LogP) is 4.17. The summed E-state index contributed by atoms with van der Waals surface area (Å²) in [4.78, 5) is 0. The van der Waals surface area contributed by atoms with Crippen LogP contribution in [0.4, 0.5) is 0 Å². The summed E-state index contributed by atoms with van der Waals surface area (Å²) in [6.45, 7) is 0.486. The molecule has 0 saturated carbocycles. The van der Waals surface area contributed by atoms with Crippen molar-refractivity contribution in [2.75, 3.05) is 20.8 Å². The first-order chi connectivity index (χ1) is 12.6. The molecule has 2 aromatic rings. The molecule has 3 unspecified atom stereocenters. The molecule has 3 rings (SSSR count). The van der Waals surface area contributed by atoms with E-state index in [9.17, 15) is 5.11 Å². The van der Waals surface area contributed by atoms with Crippen molar-refractivity contribution in [3.8, 4) is 5.75 Å². The number of aliphatic hydroxyl groups excluding tert-OH is 1. The summed E-state index contributed by atoms with van der Waals surface area (Å²) >= 11 is 6.42. The molecule has 4 nitrogen and oxygen atoms in total. The number of rotatable bonds is 6. The Morgan fingerprint density at radius 2 is 1.88 bits per heavy atom. The Hall–Kier alpha value is -1.59. The van der Waals surface area contributed by atoms with Crippen molar-refractivity contribution in [1.29, 1.82) is 0 Å². The van der Waals surface area contributed by atoms with E-state index in [0.717, 1.165) is 33.9 Å². The molecule has 1 fully saturated rings. The van der Waals surface area contributed by atoms with Crippen molar-refractivity contribution in [2.24, 2.45) is 0 Å². The van der Waals surface area contributed by atoms with E-state index in [0.29, 0.717) is 19.4 Å². The Bertz CT molecular complexity index is 716. The van der Waals surface area contributed by atoms with Gasteiger partial charge in [-0.2, -0.15) is 0 Å². The highest BCUT2D eigenvalue weighted by Crippen LogP contribution is 2.34. The third-order valence-corrected chi connectivity index (χ3v) is 5.09. The Labute approximate surface area is 159 Å². The fourth-order valence-electron chi connectivity index (χ4n) is 3.39. The molecule has 2 aromatic carbocycles. The second-order valence-corrected chi connectivity index (χ2v) is 7.11. The number of hydrogen-bond donors (Lipinski definition) is 1. The van der Waals surface area contributed by atoms with Crippen LogP contribution in [0.3, 0.4) is 0 Å². The van der Waals surface area contributed by atoms with Gasteiger partial charge in [-0.15, -0.1) is 0 Å². The molecule has 3 atom stereocenters. The molecule has 26 heavy (non-hydrogen) atoms. The molecule has 0 bridgehead atoms. The maximum Gasteiger partial charge on any atom is 0.118 e. The number of halogens is 1. The zero-order chi connectivity index (χ0) is 18.5. The van der Waals surface area contributed by atoms with Crippen molar-refractivity contribution in [3.05, 3.63) is 64.2 Å². The lowest BCUT2D eigenvalue weighted by Gasteiger charge is -2.33. The SMILES string of the molecule is COCC1CC(O)CC(c2ccc(Cl)c(Cc3ccc(OC)cc3)c2)O1. The van der Waals surface area contributed by atoms with E-state index >= 15 is 0 Å². The molecule has 1 saturated heterocycles. The number of aliphatic hydroxyl groups is 1. The van der Waals surface area contributed by atoms with Gasteiger partial charge in [-0.25, -0.2) is 0 Å². The van der Waals surface area contributed by atoms with Crippen LogP contribution < -0.4 is 4.74 Å². The first-order valence-corrected chi connectivity index (χ1v) is 9.20. The van der Waals surface area contributed by atoms with Gasteiger partial charge in [0.2, 0.25) is 0 Å². The summed E-state index contributed by atoms with van der Waals surface area (Å²) in [5.41, 5.74) is 3.24. The average molecular weight is 377 g/mol. The average Bonchev–Trinajstić information content (AvgIpc) is 2.64. The van der Waals surface area contributed by atoms with Crippen molar-refractivity contribution in [3.63, 3.8) is 0 Å². The first-order valence-electron chi connectivity index (χ1n) is 8.82. The lowest BCUT2D eigenvalue weighted by Crippen LogP contribution is -2.34. The van der Waals surface area contributed by atoms with Crippen LogP contribution in [0.25, 0.3) is 0 Å². The maximum atomic E-state index is 10.2. The van der Waals surface area contributed by atoms with Crippen LogP contribution in [-0.2, 0) is 15.9 Å². The van der Waals surface area contributed by atoms with Crippen LogP contribution in [0.15, 0.2) is 42.5 Å². The van der Waals surface area contributed by atoms with Crippen LogP contribution >= 0.6 is 11.6 Å². The number of hydrogen-bond acceptors (Lipinski definition) is 4. The number of ether oxygens (including phenoxy) is 3. The third kappa shape index (κ3) is 4.77. The Kier molecular flexibility index (Phi) is 6.54. The second kappa shape index (κ2) is 8.87. The monoisotopic (exact) mass is 376 g/mol. The Morgan fingerprint density at radius 3 is 2.58 bits per heavy atom. The van der Waals surface area contributed by atoms with Crippen molar-refractivity contribution >= 4 is 11.6 Å². The van der Waals surface area contributed by atoms with Crippen LogP contribution in [0.5, 0.6) is 5.75 Å². The predicted molar refractivity (Wildman–Crippen MR) is 102 cm³/mol. The minimum absolute atomic E-state index is 0.0885. The topological polar surface area (TPSA) is 47.9 Å². The molecule has 1 N–H and O–H groups in total. The highest BCUT2D eigenvalue weighted by Gasteiger charge is 2.29.